The molecule has 0 spiro atoms. The number of rotatable bonds is 5. The topological polar surface area (TPSA) is 46.5 Å². The molecule has 4 nitrogen and oxygen atoms in total. The third-order valence-corrected chi connectivity index (χ3v) is 6.44. The molecule has 1 aromatic carbocycles. The predicted octanol–water partition coefficient (Wildman–Crippen LogP) is 3.22. The first kappa shape index (κ1) is 19.2. The van der Waals surface area contributed by atoms with Crippen LogP contribution in [0, 0.1) is 5.92 Å². The lowest BCUT2D eigenvalue weighted by Gasteiger charge is -2.38. The zero-order valence-corrected chi connectivity index (χ0v) is 17.0. The van der Waals surface area contributed by atoms with E-state index in [2.05, 4.69) is 6.92 Å². The first-order valence-electron chi connectivity index (χ1n) is 8.99. The van der Waals surface area contributed by atoms with Gasteiger partial charge in [-0.1, -0.05) is 31.2 Å². The van der Waals surface area contributed by atoms with E-state index < -0.39 is 11.7 Å². The van der Waals surface area contributed by atoms with Crippen molar-refractivity contribution in [3.63, 3.8) is 0 Å². The minimum atomic E-state index is -0.621. The number of hydrogen-bond acceptors (Lipinski definition) is 4. The number of hydrogen-bond donors (Lipinski definition) is 1. The predicted molar refractivity (Wildman–Crippen MR) is 109 cm³/mol. The Morgan fingerprint density at radius 3 is 2.69 bits per heavy atom. The van der Waals surface area contributed by atoms with Crippen LogP contribution in [0.25, 0.3) is 16.2 Å². The third-order valence-electron chi connectivity index (χ3n) is 5.04. The van der Waals surface area contributed by atoms with Gasteiger partial charge in [0.2, 0.25) is 0 Å². The number of quaternary nitrogens is 1. The Morgan fingerprint density at radius 2 is 2.00 bits per heavy atom. The first-order chi connectivity index (χ1) is 12.1. The van der Waals surface area contributed by atoms with Crippen LogP contribution < -0.4 is 5.43 Å². The van der Waals surface area contributed by atoms with E-state index in [0.717, 1.165) is 20.5 Å². The fraction of sp³-hybridized carbons (Fsp3) is 0.476. The fourth-order valence-electron chi connectivity index (χ4n) is 3.46. The standard InChI is InChI=1S/C21H28NO3S/c1-14-10-11-17-19(24)16-8-6-7-9-18(16)26-20(17)21(14,2)25-13-15(23)12-22(3,4)5/h6-11,14-15,23H,12-13H2,1-5H3/q+1. The van der Waals surface area contributed by atoms with Crippen molar-refractivity contribution in [1.82, 2.24) is 0 Å². The van der Waals surface area contributed by atoms with Gasteiger partial charge in [0.1, 0.15) is 18.2 Å². The van der Waals surface area contributed by atoms with E-state index in [0.29, 0.717) is 11.0 Å². The second-order valence-corrected chi connectivity index (χ2v) is 9.41. The Kier molecular flexibility index (Phi) is 5.10. The molecule has 26 heavy (non-hydrogen) atoms. The second-order valence-electron chi connectivity index (χ2n) is 8.36. The molecule has 1 N–H and O–H groups in total. The lowest BCUT2D eigenvalue weighted by atomic mass is 9.82. The molecular formula is C21H28NO3S+. The van der Waals surface area contributed by atoms with E-state index in [1.54, 1.807) is 11.3 Å². The van der Waals surface area contributed by atoms with Gasteiger partial charge in [0.05, 0.1) is 27.7 Å². The van der Waals surface area contributed by atoms with Gasteiger partial charge in [-0.15, -0.1) is 11.3 Å². The summed E-state index contributed by atoms with van der Waals surface area (Å²) in [6.45, 7) is 4.99. The highest BCUT2D eigenvalue weighted by Crippen LogP contribution is 2.43. The molecular weight excluding hydrogens is 346 g/mol. The van der Waals surface area contributed by atoms with E-state index in [9.17, 15) is 9.90 Å². The molecule has 0 radical (unpaired) electrons. The average Bonchev–Trinajstić information content (AvgIpc) is 2.56. The maximum absolute atomic E-state index is 12.9. The summed E-state index contributed by atoms with van der Waals surface area (Å²) in [5, 5.41) is 11.1. The van der Waals surface area contributed by atoms with E-state index in [1.807, 2.05) is 64.5 Å². The van der Waals surface area contributed by atoms with Gasteiger partial charge in [-0.2, -0.15) is 0 Å². The minimum absolute atomic E-state index is 0.0548. The van der Waals surface area contributed by atoms with Crippen molar-refractivity contribution in [3.8, 4) is 0 Å². The Labute approximate surface area is 158 Å². The summed E-state index contributed by atoms with van der Waals surface area (Å²) >= 11 is 1.62. The zero-order chi connectivity index (χ0) is 19.1. The molecule has 1 aliphatic rings. The van der Waals surface area contributed by atoms with Crippen molar-refractivity contribution in [2.75, 3.05) is 34.3 Å². The number of benzene rings is 1. The summed E-state index contributed by atoms with van der Waals surface area (Å²) < 4.78 is 7.93. The largest absolute Gasteiger partial charge is 0.385 e. The molecule has 0 bridgehead atoms. The summed E-state index contributed by atoms with van der Waals surface area (Å²) in [4.78, 5) is 13.9. The monoisotopic (exact) mass is 374 g/mol. The highest BCUT2D eigenvalue weighted by molar-refractivity contribution is 7.18. The van der Waals surface area contributed by atoms with Gasteiger partial charge in [0.25, 0.3) is 0 Å². The van der Waals surface area contributed by atoms with E-state index in [1.165, 1.54) is 0 Å². The zero-order valence-electron chi connectivity index (χ0n) is 16.2. The Balaban J connectivity index is 1.98. The van der Waals surface area contributed by atoms with Crippen LogP contribution in [0.3, 0.4) is 0 Å². The highest BCUT2D eigenvalue weighted by atomic mass is 32.1. The average molecular weight is 375 g/mol. The molecule has 3 unspecified atom stereocenters. The number of likely N-dealkylation sites (N-methyl/N-ethyl adjacent to an activating group) is 1. The smallest absolute Gasteiger partial charge is 0.195 e. The third kappa shape index (κ3) is 3.62. The molecule has 1 aliphatic carbocycles. The minimum Gasteiger partial charge on any atom is -0.385 e. The summed E-state index contributed by atoms with van der Waals surface area (Å²) in [5.41, 5.74) is 0.152. The summed E-state index contributed by atoms with van der Waals surface area (Å²) in [6, 6.07) is 7.71. The van der Waals surface area contributed by atoms with E-state index in [-0.39, 0.29) is 18.0 Å². The van der Waals surface area contributed by atoms with Crippen LogP contribution in [-0.2, 0) is 10.3 Å². The van der Waals surface area contributed by atoms with Crippen LogP contribution in [0.5, 0.6) is 0 Å². The van der Waals surface area contributed by atoms with Gasteiger partial charge < -0.3 is 14.3 Å². The van der Waals surface area contributed by atoms with Gasteiger partial charge >= 0.3 is 0 Å². The molecule has 0 saturated carbocycles. The van der Waals surface area contributed by atoms with Crippen LogP contribution in [-0.4, -0.2) is 50.0 Å². The lowest BCUT2D eigenvalue weighted by Crippen LogP contribution is -2.45. The Bertz CT molecular complexity index is 896. The normalized spacial score (nSPS) is 23.8. The molecule has 5 heteroatoms. The molecule has 140 valence electrons. The molecule has 1 heterocycles. The van der Waals surface area contributed by atoms with Crippen molar-refractivity contribution in [1.29, 1.82) is 0 Å². The van der Waals surface area contributed by atoms with Crippen molar-refractivity contribution >= 4 is 27.5 Å². The SMILES string of the molecule is CC1C=Cc2c(sc3ccccc3c2=O)C1(C)OCC(O)C[N+](C)(C)C. The molecule has 0 amide bonds. The second kappa shape index (κ2) is 6.89. The quantitative estimate of drug-likeness (QED) is 0.818. The Hall–Kier alpha value is -1.53. The van der Waals surface area contributed by atoms with Gasteiger partial charge in [-0.3, -0.25) is 4.79 Å². The Morgan fingerprint density at radius 1 is 1.31 bits per heavy atom. The van der Waals surface area contributed by atoms with Gasteiger partial charge in [0, 0.05) is 26.4 Å². The van der Waals surface area contributed by atoms with Crippen LogP contribution in [0.2, 0.25) is 0 Å². The number of nitrogens with zero attached hydrogens (tertiary/aromatic N) is 1. The summed E-state index contributed by atoms with van der Waals surface area (Å²) in [6.07, 6.45) is 3.42. The molecule has 2 aromatic rings. The summed E-state index contributed by atoms with van der Waals surface area (Å²) in [5.74, 6) is 0.114. The molecule has 1 aromatic heterocycles. The number of fused-ring (bicyclic) bond motifs is 2. The molecule has 0 saturated heterocycles. The fourth-order valence-corrected chi connectivity index (χ4v) is 4.81. The van der Waals surface area contributed by atoms with Gasteiger partial charge in [-0.25, -0.2) is 0 Å². The highest BCUT2D eigenvalue weighted by Gasteiger charge is 2.39. The maximum Gasteiger partial charge on any atom is 0.195 e. The maximum atomic E-state index is 12.9. The molecule has 3 rings (SSSR count). The van der Waals surface area contributed by atoms with Crippen molar-refractivity contribution in [2.45, 2.75) is 25.6 Å². The summed E-state index contributed by atoms with van der Waals surface area (Å²) in [7, 11) is 6.14. The van der Waals surface area contributed by atoms with Crippen LogP contribution in [0.4, 0.5) is 0 Å². The molecule has 0 fully saturated rings. The number of aliphatic hydroxyl groups is 1. The lowest BCUT2D eigenvalue weighted by molar-refractivity contribution is -0.873. The van der Waals surface area contributed by atoms with Crippen LogP contribution in [0.1, 0.15) is 24.3 Å². The number of aliphatic hydroxyl groups excluding tert-OH is 1. The van der Waals surface area contributed by atoms with Crippen molar-refractivity contribution in [3.05, 3.63) is 51.0 Å². The van der Waals surface area contributed by atoms with Crippen LogP contribution in [0.15, 0.2) is 35.1 Å². The first-order valence-corrected chi connectivity index (χ1v) is 9.80. The van der Waals surface area contributed by atoms with Gasteiger partial charge in [-0.05, 0) is 19.1 Å². The molecule has 0 aliphatic heterocycles. The van der Waals surface area contributed by atoms with Gasteiger partial charge in [0.15, 0.2) is 5.43 Å². The van der Waals surface area contributed by atoms with Crippen molar-refractivity contribution in [2.24, 2.45) is 5.92 Å². The van der Waals surface area contributed by atoms with Crippen LogP contribution >= 0.6 is 11.3 Å². The molecule has 3 atom stereocenters. The number of ether oxygens (including phenoxy) is 1. The van der Waals surface area contributed by atoms with E-state index >= 15 is 0 Å². The van der Waals surface area contributed by atoms with Crippen molar-refractivity contribution < 1.29 is 14.3 Å². The van der Waals surface area contributed by atoms with E-state index in [4.69, 9.17) is 4.74 Å².